The highest BCUT2D eigenvalue weighted by molar-refractivity contribution is 7.89. The predicted molar refractivity (Wildman–Crippen MR) is 141 cm³/mol. The maximum atomic E-state index is 13.5. The third-order valence-electron chi connectivity index (χ3n) is 6.31. The van der Waals surface area contributed by atoms with Gasteiger partial charge in [-0.15, -0.1) is 0 Å². The van der Waals surface area contributed by atoms with Crippen molar-refractivity contribution in [3.8, 4) is 11.5 Å². The third-order valence-corrected chi connectivity index (χ3v) is 8.88. The van der Waals surface area contributed by atoms with Crippen LogP contribution in [0.3, 0.4) is 0 Å². The topological polar surface area (TPSA) is 109 Å². The Kier molecular flexibility index (Phi) is 8.67. The summed E-state index contributed by atoms with van der Waals surface area (Å²) in [6, 6.07) is 12.0. The molecule has 1 fully saturated rings. The molecule has 1 saturated heterocycles. The first-order valence-electron chi connectivity index (χ1n) is 11.7. The van der Waals surface area contributed by atoms with Crippen molar-refractivity contribution in [2.75, 3.05) is 20.8 Å². The fourth-order valence-corrected chi connectivity index (χ4v) is 6.67. The van der Waals surface area contributed by atoms with Crippen molar-refractivity contribution in [3.05, 3.63) is 87.3 Å². The van der Waals surface area contributed by atoms with Crippen molar-refractivity contribution in [1.29, 1.82) is 0 Å². The van der Waals surface area contributed by atoms with Crippen LogP contribution in [-0.2, 0) is 26.0 Å². The molecule has 1 unspecified atom stereocenters. The maximum absolute atomic E-state index is 13.5. The molecular formula is C26H26Cl2N2O7S. The van der Waals surface area contributed by atoms with Gasteiger partial charge in [-0.25, -0.2) is 8.42 Å². The highest BCUT2D eigenvalue weighted by Crippen LogP contribution is 2.36. The lowest BCUT2D eigenvalue weighted by Crippen LogP contribution is -2.41. The molecule has 2 atom stereocenters. The van der Waals surface area contributed by atoms with E-state index in [2.05, 4.69) is 0 Å². The van der Waals surface area contributed by atoms with Gasteiger partial charge in [0.05, 0.1) is 19.1 Å². The molecule has 38 heavy (non-hydrogen) atoms. The Morgan fingerprint density at radius 2 is 1.74 bits per heavy atom. The average Bonchev–Trinajstić information content (AvgIpc) is 3.41. The summed E-state index contributed by atoms with van der Waals surface area (Å²) in [6.07, 6.45) is 2.22. The Bertz CT molecular complexity index is 1400. The number of hydrogen-bond donors (Lipinski definition) is 0. The van der Waals surface area contributed by atoms with Crippen molar-refractivity contribution in [1.82, 2.24) is 4.31 Å². The second kappa shape index (κ2) is 11.8. The number of esters is 1. The molecule has 4 rings (SSSR count). The van der Waals surface area contributed by atoms with E-state index in [0.29, 0.717) is 40.2 Å². The van der Waals surface area contributed by atoms with Gasteiger partial charge in [0.1, 0.15) is 22.2 Å². The van der Waals surface area contributed by atoms with Crippen molar-refractivity contribution >= 4 is 39.2 Å². The molecule has 2 heterocycles. The predicted octanol–water partition coefficient (Wildman–Crippen LogP) is 4.32. The summed E-state index contributed by atoms with van der Waals surface area (Å²) in [7, 11) is -0.938. The summed E-state index contributed by atoms with van der Waals surface area (Å²) in [4.78, 5) is 13.6. The molecule has 9 nitrogen and oxygen atoms in total. The van der Waals surface area contributed by atoms with E-state index in [1.165, 1.54) is 30.7 Å². The minimum absolute atomic E-state index is 0.0257. The zero-order valence-electron chi connectivity index (χ0n) is 20.7. The minimum Gasteiger partial charge on any atom is -0.619 e. The molecule has 0 radical (unpaired) electrons. The normalized spacial score (nSPS) is 16.7. The second-order valence-electron chi connectivity index (χ2n) is 8.62. The molecule has 0 amide bonds. The molecule has 0 saturated carbocycles. The van der Waals surface area contributed by atoms with Crippen LogP contribution in [-0.4, -0.2) is 45.5 Å². The smallest absolute Gasteiger partial charge is 0.325 e. The fourth-order valence-electron chi connectivity index (χ4n) is 4.40. The number of benzene rings is 2. The van der Waals surface area contributed by atoms with Crippen LogP contribution in [0.5, 0.6) is 11.5 Å². The highest BCUT2D eigenvalue weighted by atomic mass is 35.5. The monoisotopic (exact) mass is 580 g/mol. The van der Waals surface area contributed by atoms with Crippen molar-refractivity contribution in [2.45, 2.75) is 36.3 Å². The molecule has 1 aromatic heterocycles. The summed E-state index contributed by atoms with van der Waals surface area (Å²) in [5.74, 6) is 0.173. The van der Waals surface area contributed by atoms with Crippen LogP contribution in [0.25, 0.3) is 0 Å². The second-order valence-corrected chi connectivity index (χ2v) is 11.3. The van der Waals surface area contributed by atoms with E-state index in [0.717, 1.165) is 12.4 Å². The molecule has 3 aromatic rings. The number of pyridine rings is 1. The molecule has 0 aliphatic carbocycles. The Morgan fingerprint density at radius 3 is 2.37 bits per heavy atom. The lowest BCUT2D eigenvalue weighted by Gasteiger charge is -2.26. The number of sulfonamides is 1. The lowest BCUT2D eigenvalue weighted by atomic mass is 10.0. The molecule has 12 heteroatoms. The summed E-state index contributed by atoms with van der Waals surface area (Å²) in [5.41, 5.74) is 0.936. The Balaban J connectivity index is 1.68. The van der Waals surface area contributed by atoms with E-state index >= 15 is 0 Å². The van der Waals surface area contributed by atoms with Gasteiger partial charge >= 0.3 is 5.97 Å². The molecule has 1 aliphatic heterocycles. The quantitative estimate of drug-likeness (QED) is 0.210. The van der Waals surface area contributed by atoms with Gasteiger partial charge in [-0.1, -0.05) is 47.5 Å². The maximum Gasteiger partial charge on any atom is 0.325 e. The summed E-state index contributed by atoms with van der Waals surface area (Å²) < 4.78 is 44.9. The van der Waals surface area contributed by atoms with Gasteiger partial charge in [0.2, 0.25) is 10.0 Å². The molecule has 1 aliphatic rings. The fraction of sp³-hybridized carbons (Fsp3) is 0.308. The van der Waals surface area contributed by atoms with Crippen LogP contribution in [0, 0.1) is 5.21 Å². The van der Waals surface area contributed by atoms with E-state index in [4.69, 9.17) is 37.4 Å². The van der Waals surface area contributed by atoms with Gasteiger partial charge in [-0.2, -0.15) is 9.04 Å². The first-order valence-corrected chi connectivity index (χ1v) is 13.9. The largest absolute Gasteiger partial charge is 0.619 e. The minimum atomic E-state index is -3.91. The number of ether oxygens (including phenoxy) is 3. The molecule has 0 N–H and O–H groups in total. The number of halogens is 2. The summed E-state index contributed by atoms with van der Waals surface area (Å²) in [6.45, 7) is 0.192. The van der Waals surface area contributed by atoms with Crippen LogP contribution in [0.4, 0.5) is 0 Å². The SMILES string of the molecule is COc1ccc([C@H](Cc2c(Cl)c[n+]([O-])cc2Cl)OC(=O)C2CCCN2S(=O)(=O)c2ccccc2)cc1OC. The third kappa shape index (κ3) is 5.83. The first-order chi connectivity index (χ1) is 18.1. The number of rotatable bonds is 9. The summed E-state index contributed by atoms with van der Waals surface area (Å²) in [5, 5.41) is 11.9. The number of carbonyl (C=O) groups excluding carboxylic acids is 1. The molecule has 0 spiro atoms. The first kappa shape index (κ1) is 28.0. The standard InChI is InChI=1S/C26H26Cl2N2O7S/c1-35-23-11-10-17(13-25(23)36-2)24(14-19-20(27)15-29(32)16-21(19)28)37-26(31)22-9-6-12-30(22)38(33,34)18-7-4-3-5-8-18/h3-5,7-8,10-11,13,15-16,22,24H,6,9,12,14H2,1-2H3/t22?,24-/m0/s1. The Morgan fingerprint density at radius 1 is 1.08 bits per heavy atom. The highest BCUT2D eigenvalue weighted by Gasteiger charge is 2.41. The van der Waals surface area contributed by atoms with E-state index in [1.807, 2.05) is 0 Å². The molecule has 202 valence electrons. The van der Waals surface area contributed by atoms with Gasteiger partial charge < -0.3 is 19.4 Å². The van der Waals surface area contributed by atoms with Crippen LogP contribution in [0.2, 0.25) is 10.0 Å². The number of hydrogen-bond acceptors (Lipinski definition) is 7. The van der Waals surface area contributed by atoms with Crippen LogP contribution < -0.4 is 14.2 Å². The number of methoxy groups -OCH3 is 2. The average molecular weight is 581 g/mol. The Hall–Kier alpha value is -3.05. The molecule has 0 bridgehead atoms. The van der Waals surface area contributed by atoms with Crippen molar-refractivity contribution < 1.29 is 32.2 Å². The van der Waals surface area contributed by atoms with Gasteiger partial charge in [0, 0.05) is 18.5 Å². The Labute approximate surface area is 231 Å². The van der Waals surface area contributed by atoms with E-state index in [1.54, 1.807) is 36.4 Å². The van der Waals surface area contributed by atoms with Crippen LogP contribution in [0.1, 0.15) is 30.1 Å². The van der Waals surface area contributed by atoms with E-state index in [-0.39, 0.29) is 27.9 Å². The number of carbonyl (C=O) groups is 1. The summed E-state index contributed by atoms with van der Waals surface area (Å²) >= 11 is 12.6. The number of nitrogens with zero attached hydrogens (tertiary/aromatic N) is 2. The van der Waals surface area contributed by atoms with Crippen molar-refractivity contribution in [2.24, 2.45) is 0 Å². The van der Waals surface area contributed by atoms with E-state index < -0.39 is 28.1 Å². The molecular weight excluding hydrogens is 555 g/mol. The van der Waals surface area contributed by atoms with Crippen LogP contribution in [0.15, 0.2) is 65.8 Å². The zero-order valence-corrected chi connectivity index (χ0v) is 23.0. The van der Waals surface area contributed by atoms with Crippen molar-refractivity contribution in [3.63, 3.8) is 0 Å². The van der Waals surface area contributed by atoms with Crippen LogP contribution >= 0.6 is 23.2 Å². The van der Waals surface area contributed by atoms with Gasteiger partial charge in [-0.3, -0.25) is 4.79 Å². The van der Waals surface area contributed by atoms with E-state index in [9.17, 15) is 18.4 Å². The zero-order chi connectivity index (χ0) is 27.4. The van der Waals surface area contributed by atoms with Gasteiger partial charge in [0.15, 0.2) is 23.9 Å². The number of aromatic nitrogens is 1. The lowest BCUT2D eigenvalue weighted by molar-refractivity contribution is -0.605. The molecule has 2 aromatic carbocycles. The van der Waals surface area contributed by atoms with Gasteiger partial charge in [-0.05, 0) is 42.7 Å². The van der Waals surface area contributed by atoms with Gasteiger partial charge in [0.25, 0.3) is 0 Å².